The van der Waals surface area contributed by atoms with Gasteiger partial charge in [0.1, 0.15) is 5.76 Å². The SMILES string of the molecule is Cc1cc(NC(=O)CN(CCN2CCCC2)C(=O)C23CC4CC(CC(C4)C2)C3)no1. The Hall–Kier alpha value is -1.89. The zero-order chi connectivity index (χ0) is 20.7. The van der Waals surface area contributed by atoms with E-state index >= 15 is 0 Å². The van der Waals surface area contributed by atoms with Gasteiger partial charge in [0.05, 0.1) is 12.0 Å². The minimum absolute atomic E-state index is 0.0976. The van der Waals surface area contributed by atoms with Crippen molar-refractivity contribution in [3.63, 3.8) is 0 Å². The molecule has 0 unspecified atom stereocenters. The van der Waals surface area contributed by atoms with Crippen molar-refractivity contribution in [3.05, 3.63) is 11.8 Å². The molecule has 5 fully saturated rings. The minimum atomic E-state index is -0.218. The van der Waals surface area contributed by atoms with Gasteiger partial charge < -0.3 is 19.6 Å². The smallest absolute Gasteiger partial charge is 0.245 e. The lowest BCUT2D eigenvalue weighted by Gasteiger charge is -2.56. The molecule has 164 valence electrons. The highest BCUT2D eigenvalue weighted by Crippen LogP contribution is 2.60. The fourth-order valence-corrected chi connectivity index (χ4v) is 7.01. The predicted octanol–water partition coefficient (Wildman–Crippen LogP) is 3.06. The van der Waals surface area contributed by atoms with Crippen LogP contribution in [-0.2, 0) is 9.59 Å². The lowest BCUT2D eigenvalue weighted by Crippen LogP contribution is -2.56. The molecule has 4 saturated carbocycles. The molecular formula is C23H34N4O3. The van der Waals surface area contributed by atoms with Crippen molar-refractivity contribution in [2.75, 3.05) is 38.0 Å². The van der Waals surface area contributed by atoms with Crippen LogP contribution in [0.5, 0.6) is 0 Å². The Labute approximate surface area is 178 Å². The third kappa shape index (κ3) is 4.01. The van der Waals surface area contributed by atoms with Crippen LogP contribution in [0.4, 0.5) is 5.82 Å². The molecule has 0 atom stereocenters. The van der Waals surface area contributed by atoms with Crippen LogP contribution < -0.4 is 5.32 Å². The zero-order valence-electron chi connectivity index (χ0n) is 18.1. The molecule has 6 rings (SSSR count). The summed E-state index contributed by atoms with van der Waals surface area (Å²) in [6, 6.07) is 1.70. The summed E-state index contributed by atoms with van der Waals surface area (Å²) in [7, 11) is 0. The van der Waals surface area contributed by atoms with Crippen LogP contribution in [0, 0.1) is 30.1 Å². The Morgan fingerprint density at radius 1 is 1.17 bits per heavy atom. The summed E-state index contributed by atoms with van der Waals surface area (Å²) >= 11 is 0. The maximum absolute atomic E-state index is 13.9. The Morgan fingerprint density at radius 2 is 1.80 bits per heavy atom. The summed E-state index contributed by atoms with van der Waals surface area (Å²) in [5, 5.41) is 6.65. The first kappa shape index (κ1) is 20.0. The van der Waals surface area contributed by atoms with Gasteiger partial charge in [-0.15, -0.1) is 0 Å². The van der Waals surface area contributed by atoms with Gasteiger partial charge >= 0.3 is 0 Å². The second-order valence-corrected chi connectivity index (χ2v) is 10.3. The van der Waals surface area contributed by atoms with Crippen molar-refractivity contribution in [1.29, 1.82) is 0 Å². The molecule has 1 aromatic heterocycles. The number of anilines is 1. The molecule has 2 amide bonds. The first-order chi connectivity index (χ1) is 14.5. The van der Waals surface area contributed by atoms with E-state index < -0.39 is 0 Å². The van der Waals surface area contributed by atoms with E-state index in [0.29, 0.717) is 35.9 Å². The molecule has 4 aliphatic carbocycles. The fraction of sp³-hybridized carbons (Fsp3) is 0.783. The van der Waals surface area contributed by atoms with Crippen LogP contribution in [0.15, 0.2) is 10.6 Å². The molecule has 2 heterocycles. The molecule has 4 bridgehead atoms. The van der Waals surface area contributed by atoms with Crippen molar-refractivity contribution >= 4 is 17.6 Å². The molecule has 5 aliphatic rings. The summed E-state index contributed by atoms with van der Waals surface area (Å²) < 4.78 is 5.05. The topological polar surface area (TPSA) is 78.7 Å². The first-order valence-corrected chi connectivity index (χ1v) is 11.7. The Morgan fingerprint density at radius 3 is 2.37 bits per heavy atom. The van der Waals surface area contributed by atoms with Crippen molar-refractivity contribution in [2.45, 2.75) is 58.3 Å². The van der Waals surface area contributed by atoms with Gasteiger partial charge in [0, 0.05) is 19.2 Å². The van der Waals surface area contributed by atoms with E-state index in [1.165, 1.54) is 32.1 Å². The molecule has 7 nitrogen and oxygen atoms in total. The van der Waals surface area contributed by atoms with Gasteiger partial charge in [-0.05, 0) is 89.1 Å². The molecule has 30 heavy (non-hydrogen) atoms. The number of nitrogens with one attached hydrogen (secondary N) is 1. The van der Waals surface area contributed by atoms with E-state index in [1.54, 1.807) is 13.0 Å². The first-order valence-electron chi connectivity index (χ1n) is 11.7. The van der Waals surface area contributed by atoms with Crippen LogP contribution in [0.25, 0.3) is 0 Å². The van der Waals surface area contributed by atoms with Gasteiger partial charge in [0.15, 0.2) is 5.82 Å². The third-order valence-electron chi connectivity index (χ3n) is 7.89. The van der Waals surface area contributed by atoms with Crippen molar-refractivity contribution in [1.82, 2.24) is 15.0 Å². The number of hydrogen-bond acceptors (Lipinski definition) is 5. The maximum atomic E-state index is 13.9. The second kappa shape index (κ2) is 7.98. The van der Waals surface area contributed by atoms with E-state index in [2.05, 4.69) is 15.4 Å². The Bertz CT molecular complexity index is 763. The lowest BCUT2D eigenvalue weighted by atomic mass is 9.49. The summed E-state index contributed by atoms with van der Waals surface area (Å²) in [5.41, 5.74) is -0.218. The molecule has 0 aromatic carbocycles. The van der Waals surface area contributed by atoms with E-state index in [9.17, 15) is 9.59 Å². The number of rotatable bonds is 7. The fourth-order valence-electron chi connectivity index (χ4n) is 7.01. The molecule has 1 aromatic rings. The van der Waals surface area contributed by atoms with Crippen molar-refractivity contribution in [2.24, 2.45) is 23.2 Å². The highest BCUT2D eigenvalue weighted by molar-refractivity contribution is 5.95. The molecule has 1 aliphatic heterocycles. The summed E-state index contributed by atoms with van der Waals surface area (Å²) in [5.74, 6) is 3.25. The maximum Gasteiger partial charge on any atom is 0.245 e. The van der Waals surface area contributed by atoms with E-state index in [0.717, 1.165) is 38.9 Å². The third-order valence-corrected chi connectivity index (χ3v) is 7.89. The Kier molecular flexibility index (Phi) is 5.33. The van der Waals surface area contributed by atoms with Crippen LogP contribution in [0.1, 0.15) is 57.1 Å². The van der Waals surface area contributed by atoms with Gasteiger partial charge in [-0.25, -0.2) is 0 Å². The van der Waals surface area contributed by atoms with E-state index in [1.807, 2.05) is 4.90 Å². The molecule has 7 heteroatoms. The molecule has 0 radical (unpaired) electrons. The largest absolute Gasteiger partial charge is 0.360 e. The highest BCUT2D eigenvalue weighted by atomic mass is 16.5. The number of amides is 2. The number of nitrogens with zero attached hydrogens (tertiary/aromatic N) is 3. The molecular weight excluding hydrogens is 380 g/mol. The van der Waals surface area contributed by atoms with Crippen LogP contribution in [0.2, 0.25) is 0 Å². The highest BCUT2D eigenvalue weighted by Gasteiger charge is 2.55. The quantitative estimate of drug-likeness (QED) is 0.742. The second-order valence-electron chi connectivity index (χ2n) is 10.3. The summed E-state index contributed by atoms with van der Waals surface area (Å²) in [6.45, 7) is 5.58. The average molecular weight is 415 g/mol. The van der Waals surface area contributed by atoms with Gasteiger partial charge in [0.2, 0.25) is 11.8 Å². The van der Waals surface area contributed by atoms with Gasteiger partial charge in [-0.3, -0.25) is 9.59 Å². The number of carbonyl (C=O) groups excluding carboxylic acids is 2. The van der Waals surface area contributed by atoms with Crippen LogP contribution in [-0.4, -0.2) is 59.5 Å². The lowest BCUT2D eigenvalue weighted by molar-refractivity contribution is -0.159. The van der Waals surface area contributed by atoms with Crippen molar-refractivity contribution in [3.8, 4) is 0 Å². The standard InChI is InChI=1S/C23H34N4O3/c1-16-8-20(25-30-16)24-21(28)15-27(7-6-26-4-2-3-5-26)22(29)23-12-17-9-18(13-23)11-19(10-17)14-23/h8,17-19H,2-7,9-15H2,1H3,(H,24,25,28). The Balaban J connectivity index is 1.29. The minimum Gasteiger partial charge on any atom is -0.360 e. The molecule has 1 N–H and O–H groups in total. The number of aromatic nitrogens is 1. The van der Waals surface area contributed by atoms with Gasteiger partial charge in [-0.1, -0.05) is 5.16 Å². The number of aryl methyl sites for hydroxylation is 1. The molecule has 1 saturated heterocycles. The van der Waals surface area contributed by atoms with Crippen LogP contribution in [0.3, 0.4) is 0 Å². The van der Waals surface area contributed by atoms with E-state index in [4.69, 9.17) is 4.52 Å². The van der Waals surface area contributed by atoms with Gasteiger partial charge in [-0.2, -0.15) is 0 Å². The monoisotopic (exact) mass is 414 g/mol. The number of hydrogen-bond donors (Lipinski definition) is 1. The summed E-state index contributed by atoms with van der Waals surface area (Å²) in [4.78, 5) is 30.9. The normalized spacial score (nSPS) is 32.5. The predicted molar refractivity (Wildman–Crippen MR) is 113 cm³/mol. The average Bonchev–Trinajstić information content (AvgIpc) is 3.35. The number of carbonyl (C=O) groups is 2. The zero-order valence-corrected chi connectivity index (χ0v) is 18.1. The van der Waals surface area contributed by atoms with Crippen molar-refractivity contribution < 1.29 is 14.1 Å². The van der Waals surface area contributed by atoms with Crippen LogP contribution >= 0.6 is 0 Å². The summed E-state index contributed by atoms with van der Waals surface area (Å²) in [6.07, 6.45) is 9.49. The number of likely N-dealkylation sites (tertiary alicyclic amines) is 1. The van der Waals surface area contributed by atoms with Gasteiger partial charge in [0.25, 0.3) is 0 Å². The molecule has 0 spiro atoms. The van der Waals surface area contributed by atoms with E-state index in [-0.39, 0.29) is 23.8 Å².